The van der Waals surface area contributed by atoms with Crippen molar-refractivity contribution >= 4 is 17.1 Å². The Morgan fingerprint density at radius 1 is 1.10 bits per heavy atom. The molecule has 0 saturated carbocycles. The number of hydrogen-bond donors (Lipinski definition) is 0. The Hall–Kier alpha value is -3.10. The molecule has 0 N–H and O–H groups in total. The Labute approximate surface area is 167 Å². The van der Waals surface area contributed by atoms with Gasteiger partial charge in [-0.15, -0.1) is 0 Å². The fraction of sp³-hybridized carbons (Fsp3) is 0.500. The highest BCUT2D eigenvalue weighted by molar-refractivity contribution is 5.86. The number of unbranched alkanes of at least 4 members (excludes halogenated alkanes) is 2. The number of carbonyl (C=O) groups is 1. The van der Waals surface area contributed by atoms with Crippen LogP contribution in [0.4, 0.5) is 0 Å². The molecular formula is C20H26N4O5. The number of rotatable bonds is 9. The van der Waals surface area contributed by atoms with Gasteiger partial charge in [0, 0.05) is 13.1 Å². The summed E-state index contributed by atoms with van der Waals surface area (Å²) < 4.78 is 14.6. The van der Waals surface area contributed by atoms with Crippen LogP contribution in [0.3, 0.4) is 0 Å². The van der Waals surface area contributed by atoms with E-state index in [0.29, 0.717) is 30.0 Å². The second-order valence-electron chi connectivity index (χ2n) is 6.90. The number of furan rings is 1. The maximum absolute atomic E-state index is 13.2. The van der Waals surface area contributed by atoms with Gasteiger partial charge in [-0.1, -0.05) is 26.7 Å². The summed E-state index contributed by atoms with van der Waals surface area (Å²) in [5, 5.41) is 0. The van der Waals surface area contributed by atoms with Gasteiger partial charge in [0.15, 0.2) is 11.2 Å². The quantitative estimate of drug-likeness (QED) is 0.509. The van der Waals surface area contributed by atoms with Crippen LogP contribution in [0.1, 0.15) is 55.8 Å². The van der Waals surface area contributed by atoms with Gasteiger partial charge < -0.3 is 13.7 Å². The van der Waals surface area contributed by atoms with Crippen LogP contribution in [0, 0.1) is 0 Å². The molecule has 3 rings (SSSR count). The van der Waals surface area contributed by atoms with Crippen molar-refractivity contribution in [2.24, 2.45) is 0 Å². The number of imidazole rings is 1. The van der Waals surface area contributed by atoms with Crippen molar-refractivity contribution in [2.75, 3.05) is 7.11 Å². The SMILES string of the molecule is CCCCn1cnc2c1c(=O)n(Cc1ccc(C(=O)OC)o1)c(=O)n2CCCC. The standard InChI is InChI=1S/C20H26N4O5/c1-4-6-10-22-13-21-17-16(22)18(25)24(20(27)23(17)11-7-5-2)12-14-8-9-15(29-14)19(26)28-3/h8-9,13H,4-7,10-12H2,1-3H3. The molecule has 0 spiro atoms. The minimum atomic E-state index is -0.614. The number of ether oxygens (including phenoxy) is 1. The summed E-state index contributed by atoms with van der Waals surface area (Å²) >= 11 is 0. The van der Waals surface area contributed by atoms with Crippen molar-refractivity contribution in [1.29, 1.82) is 0 Å². The van der Waals surface area contributed by atoms with Gasteiger partial charge in [0.2, 0.25) is 5.76 Å². The number of aromatic nitrogens is 4. The van der Waals surface area contributed by atoms with Crippen LogP contribution in [0.5, 0.6) is 0 Å². The molecule has 3 aromatic rings. The number of nitrogens with zero attached hydrogens (tertiary/aromatic N) is 4. The number of fused-ring (bicyclic) bond motifs is 1. The third-order valence-corrected chi connectivity index (χ3v) is 4.83. The molecule has 0 unspecified atom stereocenters. The zero-order valence-corrected chi connectivity index (χ0v) is 17.0. The smallest absolute Gasteiger partial charge is 0.373 e. The molecular weight excluding hydrogens is 376 g/mol. The first kappa shape index (κ1) is 20.6. The number of methoxy groups -OCH3 is 1. The van der Waals surface area contributed by atoms with Crippen molar-refractivity contribution in [3.8, 4) is 0 Å². The first-order valence-electron chi connectivity index (χ1n) is 9.87. The summed E-state index contributed by atoms with van der Waals surface area (Å²) in [6.07, 6.45) is 5.20. The summed E-state index contributed by atoms with van der Waals surface area (Å²) in [5.74, 6) is -0.265. The van der Waals surface area contributed by atoms with Crippen LogP contribution in [-0.4, -0.2) is 31.8 Å². The third kappa shape index (κ3) is 4.03. The van der Waals surface area contributed by atoms with Gasteiger partial charge >= 0.3 is 11.7 Å². The highest BCUT2D eigenvalue weighted by atomic mass is 16.5. The van der Waals surface area contributed by atoms with Gasteiger partial charge in [0.1, 0.15) is 5.76 Å². The molecule has 0 aliphatic heterocycles. The Morgan fingerprint density at radius 2 is 1.83 bits per heavy atom. The van der Waals surface area contributed by atoms with E-state index in [2.05, 4.69) is 16.6 Å². The topological polar surface area (TPSA) is 101 Å². The van der Waals surface area contributed by atoms with Crippen molar-refractivity contribution in [1.82, 2.24) is 18.7 Å². The lowest BCUT2D eigenvalue weighted by Gasteiger charge is -2.11. The number of carbonyl (C=O) groups excluding carboxylic acids is 1. The monoisotopic (exact) mass is 402 g/mol. The Morgan fingerprint density at radius 3 is 2.52 bits per heavy atom. The fourth-order valence-electron chi connectivity index (χ4n) is 3.22. The van der Waals surface area contributed by atoms with Crippen molar-refractivity contribution < 1.29 is 13.9 Å². The average Bonchev–Trinajstić information content (AvgIpc) is 3.36. The van der Waals surface area contributed by atoms with Crippen LogP contribution in [0.15, 0.2) is 32.5 Å². The lowest BCUT2D eigenvalue weighted by Crippen LogP contribution is -2.41. The molecule has 0 atom stereocenters. The Balaban J connectivity index is 2.12. The van der Waals surface area contributed by atoms with Crippen LogP contribution in [0.25, 0.3) is 11.2 Å². The minimum Gasteiger partial charge on any atom is -0.463 e. The van der Waals surface area contributed by atoms with Gasteiger partial charge in [-0.3, -0.25) is 13.9 Å². The molecule has 9 heteroatoms. The van der Waals surface area contributed by atoms with E-state index in [9.17, 15) is 14.4 Å². The largest absolute Gasteiger partial charge is 0.463 e. The van der Waals surface area contributed by atoms with E-state index in [0.717, 1.165) is 30.3 Å². The van der Waals surface area contributed by atoms with E-state index >= 15 is 0 Å². The first-order chi connectivity index (χ1) is 14.0. The number of hydrogen-bond acceptors (Lipinski definition) is 6. The fourth-order valence-corrected chi connectivity index (χ4v) is 3.22. The molecule has 0 radical (unpaired) electrons. The van der Waals surface area contributed by atoms with E-state index < -0.39 is 17.2 Å². The van der Waals surface area contributed by atoms with Crippen molar-refractivity contribution in [2.45, 2.75) is 59.2 Å². The minimum absolute atomic E-state index is 0.0240. The molecule has 29 heavy (non-hydrogen) atoms. The summed E-state index contributed by atoms with van der Waals surface area (Å²) in [6.45, 7) is 5.17. The second kappa shape index (κ2) is 8.93. The lowest BCUT2D eigenvalue weighted by molar-refractivity contribution is 0.0563. The van der Waals surface area contributed by atoms with Gasteiger partial charge in [0.25, 0.3) is 5.56 Å². The number of aryl methyl sites for hydroxylation is 2. The van der Waals surface area contributed by atoms with E-state index in [4.69, 9.17) is 4.42 Å². The van der Waals surface area contributed by atoms with E-state index in [1.807, 2.05) is 11.5 Å². The number of esters is 1. The molecule has 9 nitrogen and oxygen atoms in total. The van der Waals surface area contributed by atoms with Gasteiger partial charge in [-0.2, -0.15) is 0 Å². The van der Waals surface area contributed by atoms with Gasteiger partial charge in [0.05, 0.1) is 20.0 Å². The predicted octanol–water partition coefficient (Wildman–Crippen LogP) is 2.39. The molecule has 0 aliphatic rings. The summed E-state index contributed by atoms with van der Waals surface area (Å²) in [7, 11) is 1.26. The normalized spacial score (nSPS) is 11.3. The predicted molar refractivity (Wildman–Crippen MR) is 107 cm³/mol. The van der Waals surface area contributed by atoms with E-state index in [-0.39, 0.29) is 12.3 Å². The van der Waals surface area contributed by atoms with Gasteiger partial charge in [-0.25, -0.2) is 14.6 Å². The molecule has 0 saturated heterocycles. The summed E-state index contributed by atoms with van der Waals surface area (Å²) in [6, 6.07) is 3.03. The van der Waals surface area contributed by atoms with Crippen LogP contribution in [-0.2, 0) is 24.4 Å². The summed E-state index contributed by atoms with van der Waals surface area (Å²) in [4.78, 5) is 42.2. The molecule has 3 aromatic heterocycles. The molecule has 0 aromatic carbocycles. The molecule has 0 aliphatic carbocycles. The zero-order valence-electron chi connectivity index (χ0n) is 17.0. The molecule has 0 amide bonds. The maximum atomic E-state index is 13.2. The van der Waals surface area contributed by atoms with E-state index in [1.54, 1.807) is 17.0 Å². The highest BCUT2D eigenvalue weighted by Gasteiger charge is 2.19. The Kier molecular flexibility index (Phi) is 6.36. The maximum Gasteiger partial charge on any atom is 0.373 e. The van der Waals surface area contributed by atoms with Crippen molar-refractivity contribution in [3.63, 3.8) is 0 Å². The third-order valence-electron chi connectivity index (χ3n) is 4.83. The average molecular weight is 402 g/mol. The molecule has 156 valence electrons. The second-order valence-corrected chi connectivity index (χ2v) is 6.90. The van der Waals surface area contributed by atoms with Crippen LogP contribution in [0.2, 0.25) is 0 Å². The van der Waals surface area contributed by atoms with Crippen LogP contribution >= 0.6 is 0 Å². The van der Waals surface area contributed by atoms with Crippen LogP contribution < -0.4 is 11.2 Å². The zero-order chi connectivity index (χ0) is 21.0. The molecule has 0 bridgehead atoms. The molecule has 3 heterocycles. The van der Waals surface area contributed by atoms with E-state index in [1.165, 1.54) is 13.2 Å². The lowest BCUT2D eigenvalue weighted by atomic mass is 10.3. The Bertz CT molecular complexity index is 1120. The van der Waals surface area contributed by atoms with Crippen molar-refractivity contribution in [3.05, 3.63) is 50.8 Å². The van der Waals surface area contributed by atoms with Gasteiger partial charge in [-0.05, 0) is 25.0 Å². The highest BCUT2D eigenvalue weighted by Crippen LogP contribution is 2.12. The summed E-state index contributed by atoms with van der Waals surface area (Å²) in [5.41, 5.74) is -0.0283. The molecule has 0 fully saturated rings. The first-order valence-corrected chi connectivity index (χ1v) is 9.87.